The molecular formula is C19H22N2O3. The SMILES string of the molecule is CC(=O)N(Cc1ccccc1)C(=O)[C@H](N)COCc1ccccc1. The number of carbonyl (C=O) groups is 2. The lowest BCUT2D eigenvalue weighted by molar-refractivity contribution is -0.146. The number of carbonyl (C=O) groups excluding carboxylic acids is 2. The molecule has 1 atom stereocenters. The number of amides is 2. The van der Waals surface area contributed by atoms with Gasteiger partial charge in [-0.1, -0.05) is 60.7 Å². The van der Waals surface area contributed by atoms with Crippen LogP contribution in [-0.4, -0.2) is 29.4 Å². The first-order valence-electron chi connectivity index (χ1n) is 7.81. The summed E-state index contributed by atoms with van der Waals surface area (Å²) in [6.07, 6.45) is 0. The van der Waals surface area contributed by atoms with Crippen LogP contribution < -0.4 is 5.73 Å². The molecule has 0 bridgehead atoms. The number of nitrogens with two attached hydrogens (primary N) is 1. The molecule has 2 N–H and O–H groups in total. The van der Waals surface area contributed by atoms with Crippen LogP contribution in [0, 0.1) is 0 Å². The van der Waals surface area contributed by atoms with E-state index in [1.165, 1.54) is 6.92 Å². The number of hydrogen-bond acceptors (Lipinski definition) is 4. The Kier molecular flexibility index (Phi) is 6.66. The Hall–Kier alpha value is -2.50. The van der Waals surface area contributed by atoms with E-state index in [9.17, 15) is 9.59 Å². The monoisotopic (exact) mass is 326 g/mol. The molecule has 24 heavy (non-hydrogen) atoms. The minimum absolute atomic E-state index is 0.0618. The highest BCUT2D eigenvalue weighted by Gasteiger charge is 2.24. The van der Waals surface area contributed by atoms with Gasteiger partial charge in [0.1, 0.15) is 6.04 Å². The van der Waals surface area contributed by atoms with Gasteiger partial charge in [0, 0.05) is 6.92 Å². The highest BCUT2D eigenvalue weighted by Crippen LogP contribution is 2.07. The Bertz CT molecular complexity index is 659. The molecule has 0 aliphatic rings. The summed E-state index contributed by atoms with van der Waals surface area (Å²) in [6.45, 7) is 2.01. The molecule has 0 aliphatic carbocycles. The van der Waals surface area contributed by atoms with E-state index in [1.54, 1.807) is 0 Å². The lowest BCUT2D eigenvalue weighted by Crippen LogP contribution is -2.47. The molecule has 0 fully saturated rings. The fourth-order valence-electron chi connectivity index (χ4n) is 2.26. The average molecular weight is 326 g/mol. The summed E-state index contributed by atoms with van der Waals surface area (Å²) >= 11 is 0. The van der Waals surface area contributed by atoms with Gasteiger partial charge in [-0.3, -0.25) is 14.5 Å². The van der Waals surface area contributed by atoms with Gasteiger partial charge >= 0.3 is 0 Å². The van der Waals surface area contributed by atoms with Gasteiger partial charge in [-0.15, -0.1) is 0 Å². The minimum Gasteiger partial charge on any atom is -0.375 e. The molecule has 2 aromatic carbocycles. The molecule has 5 nitrogen and oxygen atoms in total. The van der Waals surface area contributed by atoms with Gasteiger partial charge in [0.25, 0.3) is 0 Å². The van der Waals surface area contributed by atoms with Gasteiger partial charge in [0.15, 0.2) is 0 Å². The van der Waals surface area contributed by atoms with Crippen molar-refractivity contribution >= 4 is 11.8 Å². The summed E-state index contributed by atoms with van der Waals surface area (Å²) in [4.78, 5) is 25.4. The molecule has 0 saturated carbocycles. The van der Waals surface area contributed by atoms with Crippen molar-refractivity contribution in [2.75, 3.05) is 6.61 Å². The second-order valence-electron chi connectivity index (χ2n) is 5.54. The molecular weight excluding hydrogens is 304 g/mol. The summed E-state index contributed by atoms with van der Waals surface area (Å²) < 4.78 is 5.50. The number of nitrogens with zero attached hydrogens (tertiary/aromatic N) is 1. The van der Waals surface area contributed by atoms with E-state index < -0.39 is 11.9 Å². The van der Waals surface area contributed by atoms with Crippen molar-refractivity contribution in [2.24, 2.45) is 5.73 Å². The first-order chi connectivity index (χ1) is 11.6. The molecule has 0 aliphatic heterocycles. The average Bonchev–Trinajstić information content (AvgIpc) is 2.60. The van der Waals surface area contributed by atoms with E-state index in [0.29, 0.717) is 6.61 Å². The summed E-state index contributed by atoms with van der Waals surface area (Å²) in [6, 6.07) is 18.1. The summed E-state index contributed by atoms with van der Waals surface area (Å²) in [5, 5.41) is 0. The Balaban J connectivity index is 1.90. The van der Waals surface area contributed by atoms with Crippen LogP contribution in [0.1, 0.15) is 18.1 Å². The third-order valence-electron chi connectivity index (χ3n) is 3.56. The maximum absolute atomic E-state index is 12.4. The van der Waals surface area contributed by atoms with Gasteiger partial charge in [-0.2, -0.15) is 0 Å². The highest BCUT2D eigenvalue weighted by atomic mass is 16.5. The molecule has 0 heterocycles. The quantitative estimate of drug-likeness (QED) is 0.846. The number of hydrogen-bond donors (Lipinski definition) is 1. The Morgan fingerprint density at radius 2 is 1.54 bits per heavy atom. The van der Waals surface area contributed by atoms with Crippen LogP contribution >= 0.6 is 0 Å². The van der Waals surface area contributed by atoms with Crippen LogP contribution in [0.5, 0.6) is 0 Å². The largest absolute Gasteiger partial charge is 0.375 e. The lowest BCUT2D eigenvalue weighted by Gasteiger charge is -2.23. The third-order valence-corrected chi connectivity index (χ3v) is 3.56. The Morgan fingerprint density at radius 3 is 2.08 bits per heavy atom. The Morgan fingerprint density at radius 1 is 1.00 bits per heavy atom. The van der Waals surface area contributed by atoms with E-state index in [4.69, 9.17) is 10.5 Å². The van der Waals surface area contributed by atoms with Crippen molar-refractivity contribution in [3.05, 3.63) is 71.8 Å². The molecule has 0 saturated heterocycles. The molecule has 2 amide bonds. The van der Waals surface area contributed by atoms with E-state index >= 15 is 0 Å². The van der Waals surface area contributed by atoms with E-state index in [-0.39, 0.29) is 19.1 Å². The van der Waals surface area contributed by atoms with Gasteiger partial charge in [0.2, 0.25) is 11.8 Å². The van der Waals surface area contributed by atoms with E-state index in [0.717, 1.165) is 16.0 Å². The fraction of sp³-hybridized carbons (Fsp3) is 0.263. The third kappa shape index (κ3) is 5.30. The summed E-state index contributed by atoms with van der Waals surface area (Å²) in [5.74, 6) is -0.762. The number of ether oxygens (including phenoxy) is 1. The van der Waals surface area contributed by atoms with Crippen molar-refractivity contribution in [1.82, 2.24) is 4.90 Å². The van der Waals surface area contributed by atoms with Gasteiger partial charge in [-0.25, -0.2) is 0 Å². The first-order valence-corrected chi connectivity index (χ1v) is 7.81. The Labute approximate surface area is 142 Å². The maximum Gasteiger partial charge on any atom is 0.248 e. The lowest BCUT2D eigenvalue weighted by atomic mass is 10.2. The van der Waals surface area contributed by atoms with Crippen LogP contribution in [0.15, 0.2) is 60.7 Å². The van der Waals surface area contributed by atoms with Crippen LogP contribution in [0.4, 0.5) is 0 Å². The standard InChI is InChI=1S/C19H22N2O3/c1-15(22)21(12-16-8-4-2-5-9-16)19(23)18(20)14-24-13-17-10-6-3-7-11-17/h2-11,18H,12-14,20H2,1H3/t18-/m1/s1. The van der Waals surface area contributed by atoms with Crippen LogP contribution in [0.25, 0.3) is 0 Å². The summed E-state index contributed by atoms with van der Waals surface area (Å²) in [7, 11) is 0. The predicted octanol–water partition coefficient (Wildman–Crippen LogP) is 2.11. The van der Waals surface area contributed by atoms with Crippen molar-refractivity contribution in [3.63, 3.8) is 0 Å². The molecule has 2 aromatic rings. The van der Waals surface area contributed by atoms with Crippen molar-refractivity contribution < 1.29 is 14.3 Å². The second-order valence-corrected chi connectivity index (χ2v) is 5.54. The molecule has 5 heteroatoms. The molecule has 126 valence electrons. The molecule has 0 aromatic heterocycles. The zero-order valence-corrected chi connectivity index (χ0v) is 13.7. The number of rotatable bonds is 7. The number of benzene rings is 2. The zero-order chi connectivity index (χ0) is 17.4. The van der Waals surface area contributed by atoms with Gasteiger partial charge < -0.3 is 10.5 Å². The minimum atomic E-state index is -0.874. The fourth-order valence-corrected chi connectivity index (χ4v) is 2.26. The molecule has 0 spiro atoms. The molecule has 2 rings (SSSR count). The van der Waals surface area contributed by atoms with Crippen molar-refractivity contribution in [2.45, 2.75) is 26.1 Å². The van der Waals surface area contributed by atoms with Crippen LogP contribution in [-0.2, 0) is 27.5 Å². The predicted molar refractivity (Wildman–Crippen MR) is 91.7 cm³/mol. The van der Waals surface area contributed by atoms with E-state index in [1.807, 2.05) is 60.7 Å². The van der Waals surface area contributed by atoms with Crippen LogP contribution in [0.3, 0.4) is 0 Å². The van der Waals surface area contributed by atoms with Gasteiger partial charge in [-0.05, 0) is 11.1 Å². The smallest absolute Gasteiger partial charge is 0.248 e. The normalized spacial score (nSPS) is 11.8. The van der Waals surface area contributed by atoms with Gasteiger partial charge in [0.05, 0.1) is 19.8 Å². The van der Waals surface area contributed by atoms with E-state index in [2.05, 4.69) is 0 Å². The summed E-state index contributed by atoms with van der Waals surface area (Å²) in [5.41, 5.74) is 7.78. The highest BCUT2D eigenvalue weighted by molar-refractivity contribution is 5.96. The zero-order valence-electron chi connectivity index (χ0n) is 13.7. The van der Waals surface area contributed by atoms with Crippen molar-refractivity contribution in [1.29, 1.82) is 0 Å². The molecule has 0 unspecified atom stereocenters. The van der Waals surface area contributed by atoms with Crippen LogP contribution in [0.2, 0.25) is 0 Å². The number of imide groups is 1. The second kappa shape index (κ2) is 8.96. The molecule has 0 radical (unpaired) electrons. The van der Waals surface area contributed by atoms with Crippen molar-refractivity contribution in [3.8, 4) is 0 Å². The topological polar surface area (TPSA) is 72.6 Å². The maximum atomic E-state index is 12.4. The first kappa shape index (κ1) is 17.8.